The molecule has 0 aliphatic heterocycles. The van der Waals surface area contributed by atoms with E-state index in [1.165, 1.54) is 20.0 Å². The molecule has 2 fully saturated rings. The SMILES string of the molecule is C=CCCCC(=O)OC.O[C@@]12CCC[C@@H]1C2. The second kappa shape index (κ2) is 6.04. The molecule has 16 heavy (non-hydrogen) atoms. The first-order valence-electron chi connectivity index (χ1n) is 6.02. The number of esters is 1. The summed E-state index contributed by atoms with van der Waals surface area (Å²) in [6.45, 7) is 3.53. The number of rotatable bonds is 4. The zero-order valence-electron chi connectivity index (χ0n) is 10.1. The van der Waals surface area contributed by atoms with Gasteiger partial charge >= 0.3 is 5.97 Å². The molecule has 92 valence electrons. The Labute approximate surface area is 97.5 Å². The van der Waals surface area contributed by atoms with Crippen molar-refractivity contribution in [3.05, 3.63) is 12.7 Å². The highest BCUT2D eigenvalue weighted by molar-refractivity contribution is 5.68. The summed E-state index contributed by atoms with van der Waals surface area (Å²) in [5.74, 6) is 0.573. The Kier molecular flexibility index (Phi) is 5.00. The summed E-state index contributed by atoms with van der Waals surface area (Å²) in [5.41, 5.74) is -0.139. The van der Waals surface area contributed by atoms with Crippen molar-refractivity contribution in [3.63, 3.8) is 0 Å². The van der Waals surface area contributed by atoms with E-state index in [9.17, 15) is 9.90 Å². The van der Waals surface area contributed by atoms with Gasteiger partial charge in [-0.05, 0) is 38.0 Å². The number of allylic oxidation sites excluding steroid dienone is 1. The number of fused-ring (bicyclic) bond motifs is 1. The summed E-state index contributed by atoms with van der Waals surface area (Å²) in [4.78, 5) is 10.4. The van der Waals surface area contributed by atoms with Crippen LogP contribution in [0.3, 0.4) is 0 Å². The summed E-state index contributed by atoms with van der Waals surface area (Å²) < 4.78 is 4.42. The molecule has 2 aliphatic rings. The molecule has 0 aromatic heterocycles. The number of hydrogen-bond donors (Lipinski definition) is 1. The highest BCUT2D eigenvalue weighted by Crippen LogP contribution is 2.55. The van der Waals surface area contributed by atoms with E-state index in [4.69, 9.17) is 0 Å². The van der Waals surface area contributed by atoms with Gasteiger partial charge in [0.2, 0.25) is 0 Å². The topological polar surface area (TPSA) is 46.5 Å². The maximum absolute atomic E-state index is 10.4. The first-order valence-corrected chi connectivity index (χ1v) is 6.02. The first-order chi connectivity index (χ1) is 7.62. The maximum Gasteiger partial charge on any atom is 0.305 e. The van der Waals surface area contributed by atoms with Crippen LogP contribution >= 0.6 is 0 Å². The van der Waals surface area contributed by atoms with Crippen LogP contribution in [0.4, 0.5) is 0 Å². The van der Waals surface area contributed by atoms with Crippen LogP contribution in [0, 0.1) is 5.92 Å². The Hall–Kier alpha value is -0.830. The predicted molar refractivity (Wildman–Crippen MR) is 63.0 cm³/mol. The van der Waals surface area contributed by atoms with Crippen LogP contribution in [-0.4, -0.2) is 23.8 Å². The quantitative estimate of drug-likeness (QED) is 0.455. The van der Waals surface area contributed by atoms with E-state index in [1.807, 2.05) is 0 Å². The van der Waals surface area contributed by atoms with Crippen LogP contribution in [0.25, 0.3) is 0 Å². The van der Waals surface area contributed by atoms with Gasteiger partial charge in [-0.25, -0.2) is 0 Å². The number of hydrogen-bond acceptors (Lipinski definition) is 3. The minimum Gasteiger partial charge on any atom is -0.469 e. The average Bonchev–Trinajstić information content (AvgIpc) is 2.78. The summed E-state index contributed by atoms with van der Waals surface area (Å²) in [5, 5.41) is 9.27. The van der Waals surface area contributed by atoms with Gasteiger partial charge in [0, 0.05) is 6.42 Å². The molecule has 0 bridgehead atoms. The van der Waals surface area contributed by atoms with E-state index < -0.39 is 0 Å². The van der Waals surface area contributed by atoms with Crippen molar-refractivity contribution in [2.75, 3.05) is 7.11 Å². The largest absolute Gasteiger partial charge is 0.469 e. The van der Waals surface area contributed by atoms with Crippen LogP contribution in [0.5, 0.6) is 0 Å². The van der Waals surface area contributed by atoms with Gasteiger partial charge in [0.15, 0.2) is 0 Å². The fraction of sp³-hybridized carbons (Fsp3) is 0.769. The van der Waals surface area contributed by atoms with Crippen LogP contribution in [0.1, 0.15) is 44.9 Å². The van der Waals surface area contributed by atoms with Crippen molar-refractivity contribution in [1.82, 2.24) is 0 Å². The molecule has 0 saturated heterocycles. The smallest absolute Gasteiger partial charge is 0.305 e. The van der Waals surface area contributed by atoms with E-state index in [2.05, 4.69) is 11.3 Å². The van der Waals surface area contributed by atoms with Crippen molar-refractivity contribution in [3.8, 4) is 0 Å². The predicted octanol–water partition coefficient (Wildman–Crippen LogP) is 2.44. The second-order valence-corrected chi connectivity index (χ2v) is 4.65. The van der Waals surface area contributed by atoms with Gasteiger partial charge in [0.25, 0.3) is 0 Å². The lowest BCUT2D eigenvalue weighted by molar-refractivity contribution is -0.140. The Bertz CT molecular complexity index is 248. The molecule has 0 amide bonds. The fourth-order valence-electron chi connectivity index (χ4n) is 2.19. The Morgan fingerprint density at radius 3 is 2.75 bits per heavy atom. The second-order valence-electron chi connectivity index (χ2n) is 4.65. The molecule has 1 N–H and O–H groups in total. The Balaban J connectivity index is 0.000000163. The normalized spacial score (nSPS) is 29.8. The molecule has 0 radical (unpaired) electrons. The minimum absolute atomic E-state index is 0.139. The standard InChI is InChI=1S/C7H12O2.C6H10O/c1-3-4-5-6-7(8)9-2;7-6-3-1-2-5(6)4-6/h3H,1,4-6H2,2H3;5,7H,1-4H2/t;5-,6-/m.1/s1. The molecule has 2 aliphatic carbocycles. The van der Waals surface area contributed by atoms with Gasteiger partial charge in [-0.2, -0.15) is 0 Å². The van der Waals surface area contributed by atoms with Crippen molar-refractivity contribution >= 4 is 5.97 Å². The molecule has 0 heterocycles. The highest BCUT2D eigenvalue weighted by atomic mass is 16.5. The Morgan fingerprint density at radius 2 is 2.44 bits per heavy atom. The third kappa shape index (κ3) is 3.97. The number of methoxy groups -OCH3 is 1. The average molecular weight is 226 g/mol. The molecule has 0 spiro atoms. The third-order valence-electron chi connectivity index (χ3n) is 3.38. The molecule has 2 rings (SSSR count). The molecular formula is C13H22O3. The zero-order chi connectivity index (χ0) is 12.0. The molecule has 3 nitrogen and oxygen atoms in total. The van der Waals surface area contributed by atoms with E-state index in [1.54, 1.807) is 6.08 Å². The lowest BCUT2D eigenvalue weighted by atomic mass is 10.2. The van der Waals surface area contributed by atoms with Gasteiger partial charge in [0.05, 0.1) is 12.7 Å². The fourth-order valence-corrected chi connectivity index (χ4v) is 2.19. The molecule has 0 aromatic rings. The zero-order valence-corrected chi connectivity index (χ0v) is 10.1. The molecule has 0 unspecified atom stereocenters. The molecule has 2 atom stereocenters. The van der Waals surface area contributed by atoms with E-state index in [0.717, 1.165) is 25.7 Å². The molecule has 2 saturated carbocycles. The van der Waals surface area contributed by atoms with Crippen molar-refractivity contribution < 1.29 is 14.6 Å². The van der Waals surface area contributed by atoms with Crippen molar-refractivity contribution in [1.29, 1.82) is 0 Å². The summed E-state index contributed by atoms with van der Waals surface area (Å²) in [6, 6.07) is 0. The van der Waals surface area contributed by atoms with Crippen LogP contribution in [0.2, 0.25) is 0 Å². The number of aliphatic hydroxyl groups is 1. The molecule has 0 aromatic carbocycles. The Morgan fingerprint density at radius 1 is 1.69 bits per heavy atom. The van der Waals surface area contributed by atoms with E-state index in [0.29, 0.717) is 12.3 Å². The highest BCUT2D eigenvalue weighted by Gasteiger charge is 2.55. The molecule has 3 heteroatoms. The number of ether oxygens (including phenoxy) is 1. The summed E-state index contributed by atoms with van der Waals surface area (Å²) in [7, 11) is 1.40. The van der Waals surface area contributed by atoms with Gasteiger partial charge in [0.1, 0.15) is 0 Å². The van der Waals surface area contributed by atoms with Crippen LogP contribution in [-0.2, 0) is 9.53 Å². The van der Waals surface area contributed by atoms with E-state index in [-0.39, 0.29) is 11.6 Å². The lowest BCUT2D eigenvalue weighted by Crippen LogP contribution is -2.02. The molecular weight excluding hydrogens is 204 g/mol. The first kappa shape index (κ1) is 13.2. The van der Waals surface area contributed by atoms with Gasteiger partial charge < -0.3 is 9.84 Å². The van der Waals surface area contributed by atoms with E-state index >= 15 is 0 Å². The lowest BCUT2D eigenvalue weighted by Gasteiger charge is -1.96. The van der Waals surface area contributed by atoms with Crippen LogP contribution < -0.4 is 0 Å². The third-order valence-corrected chi connectivity index (χ3v) is 3.38. The van der Waals surface area contributed by atoms with Gasteiger partial charge in [-0.15, -0.1) is 6.58 Å². The number of carbonyl (C=O) groups is 1. The number of unbranched alkanes of at least 4 members (excludes halogenated alkanes) is 1. The minimum atomic E-state index is -0.142. The van der Waals surface area contributed by atoms with Crippen molar-refractivity contribution in [2.45, 2.75) is 50.5 Å². The van der Waals surface area contributed by atoms with Gasteiger partial charge in [-0.3, -0.25) is 4.79 Å². The van der Waals surface area contributed by atoms with Crippen LogP contribution in [0.15, 0.2) is 12.7 Å². The van der Waals surface area contributed by atoms with Gasteiger partial charge in [-0.1, -0.05) is 12.5 Å². The van der Waals surface area contributed by atoms with Crippen molar-refractivity contribution in [2.24, 2.45) is 5.92 Å². The summed E-state index contributed by atoms with van der Waals surface area (Å²) >= 11 is 0. The monoisotopic (exact) mass is 226 g/mol. The summed E-state index contributed by atoms with van der Waals surface area (Å²) in [6.07, 6.45) is 8.76. The number of carbonyl (C=O) groups excluding carboxylic acids is 1. The maximum atomic E-state index is 10.4.